The minimum absolute atomic E-state index is 0.126. The first kappa shape index (κ1) is 30.2. The van der Waals surface area contributed by atoms with Crippen molar-refractivity contribution in [3.8, 4) is 11.5 Å². The van der Waals surface area contributed by atoms with Crippen LogP contribution in [0.1, 0.15) is 22.3 Å². The molecule has 9 nitrogen and oxygen atoms in total. The Bertz CT molecular complexity index is 1850. The Morgan fingerprint density at radius 2 is 0.911 bits per heavy atom. The molecule has 0 aliphatic heterocycles. The number of hydrogen-bond acceptors (Lipinski definition) is 7. The molecule has 0 aromatic heterocycles. The van der Waals surface area contributed by atoms with Gasteiger partial charge in [0.15, 0.2) is 0 Å². The number of rotatable bonds is 11. The number of benzene rings is 5. The highest BCUT2D eigenvalue weighted by molar-refractivity contribution is 5.82. The van der Waals surface area contributed by atoms with E-state index in [0.717, 1.165) is 33.9 Å². The van der Waals surface area contributed by atoms with E-state index in [9.17, 15) is 20.2 Å². The summed E-state index contributed by atoms with van der Waals surface area (Å²) in [6.07, 6.45) is 6.38. The van der Waals surface area contributed by atoms with Gasteiger partial charge in [-0.25, -0.2) is 0 Å². The monoisotopic (exact) mass is 599 g/mol. The zero-order chi connectivity index (χ0) is 31.8. The van der Waals surface area contributed by atoms with Gasteiger partial charge in [-0.1, -0.05) is 54.6 Å². The molecule has 0 N–H and O–H groups in total. The lowest BCUT2D eigenvalue weighted by molar-refractivity contribution is -0.389. The van der Waals surface area contributed by atoms with Crippen LogP contribution in [0.5, 0.6) is 11.5 Å². The van der Waals surface area contributed by atoms with E-state index in [1.807, 2.05) is 78.9 Å². The molecule has 0 unspecified atom stereocenters. The highest BCUT2D eigenvalue weighted by atomic mass is 16.6. The fraction of sp³-hybridized carbons (Fsp3) is 0.0556. The van der Waals surface area contributed by atoms with Crippen LogP contribution in [0, 0.1) is 20.2 Å². The van der Waals surface area contributed by atoms with Crippen LogP contribution in [0.25, 0.3) is 24.3 Å². The number of nitrogens with zero attached hydrogens (tertiary/aromatic N) is 3. The highest BCUT2D eigenvalue weighted by Crippen LogP contribution is 2.36. The SMILES string of the molecule is COc1ccc(/C=C\c2cc([N+](=O)[O-])c(/C=C\c3ccc(N(c4ccccc4)c4ccc(OC)cc4)cc3)cc2[N+](=O)[O-])cc1. The Morgan fingerprint density at radius 1 is 0.533 bits per heavy atom. The lowest BCUT2D eigenvalue weighted by Crippen LogP contribution is -2.09. The average molecular weight is 600 g/mol. The molecule has 0 bridgehead atoms. The van der Waals surface area contributed by atoms with E-state index in [0.29, 0.717) is 5.75 Å². The summed E-state index contributed by atoms with van der Waals surface area (Å²) in [4.78, 5) is 25.0. The molecule has 5 aromatic carbocycles. The van der Waals surface area contributed by atoms with Gasteiger partial charge in [0, 0.05) is 29.2 Å². The molecule has 0 saturated carbocycles. The van der Waals surface area contributed by atoms with Gasteiger partial charge in [-0.05, 0) is 83.9 Å². The van der Waals surface area contributed by atoms with Gasteiger partial charge in [0.05, 0.1) is 35.2 Å². The maximum Gasteiger partial charge on any atom is 0.277 e. The van der Waals surface area contributed by atoms with Crippen LogP contribution in [0.3, 0.4) is 0 Å². The van der Waals surface area contributed by atoms with Crippen molar-refractivity contribution in [1.29, 1.82) is 0 Å². The molecule has 9 heteroatoms. The number of methoxy groups -OCH3 is 2. The van der Waals surface area contributed by atoms with Gasteiger partial charge in [0.25, 0.3) is 11.4 Å². The summed E-state index contributed by atoms with van der Waals surface area (Å²) in [6, 6.07) is 34.9. The Labute approximate surface area is 260 Å². The van der Waals surface area contributed by atoms with Crippen molar-refractivity contribution in [3.63, 3.8) is 0 Å². The molecule has 224 valence electrons. The molecular weight excluding hydrogens is 570 g/mol. The van der Waals surface area contributed by atoms with Gasteiger partial charge >= 0.3 is 0 Å². The van der Waals surface area contributed by atoms with Crippen LogP contribution in [-0.2, 0) is 0 Å². The van der Waals surface area contributed by atoms with Crippen LogP contribution in [0.2, 0.25) is 0 Å². The predicted octanol–water partition coefficient (Wildman–Crippen LogP) is 9.33. The van der Waals surface area contributed by atoms with E-state index in [-0.39, 0.29) is 22.5 Å². The van der Waals surface area contributed by atoms with E-state index in [4.69, 9.17) is 9.47 Å². The van der Waals surface area contributed by atoms with E-state index in [1.165, 1.54) is 24.3 Å². The molecule has 0 fully saturated rings. The second-order valence-electron chi connectivity index (χ2n) is 9.88. The van der Waals surface area contributed by atoms with Crippen molar-refractivity contribution in [2.45, 2.75) is 0 Å². The van der Waals surface area contributed by atoms with Crippen LogP contribution in [0.15, 0.2) is 115 Å². The third-order valence-electron chi connectivity index (χ3n) is 7.09. The number of hydrogen-bond donors (Lipinski definition) is 0. The van der Waals surface area contributed by atoms with E-state index in [2.05, 4.69) is 4.90 Å². The fourth-order valence-electron chi connectivity index (χ4n) is 4.77. The van der Waals surface area contributed by atoms with Crippen LogP contribution >= 0.6 is 0 Å². The molecule has 5 aromatic rings. The van der Waals surface area contributed by atoms with Crippen molar-refractivity contribution in [2.75, 3.05) is 19.1 Å². The second-order valence-corrected chi connectivity index (χ2v) is 9.88. The molecule has 5 rings (SSSR count). The first-order valence-electron chi connectivity index (χ1n) is 13.9. The van der Waals surface area contributed by atoms with Gasteiger partial charge in [0.1, 0.15) is 11.5 Å². The second kappa shape index (κ2) is 13.8. The Morgan fingerprint density at radius 3 is 1.33 bits per heavy atom. The summed E-state index contributed by atoms with van der Waals surface area (Å²) in [7, 11) is 3.18. The Hall–Kier alpha value is -6.22. The molecule has 45 heavy (non-hydrogen) atoms. The third kappa shape index (κ3) is 7.23. The Kier molecular flexibility index (Phi) is 9.30. The number of para-hydroxylation sites is 1. The number of anilines is 3. The van der Waals surface area contributed by atoms with E-state index in [1.54, 1.807) is 50.6 Å². The Balaban J connectivity index is 1.44. The summed E-state index contributed by atoms with van der Waals surface area (Å²) in [5.41, 5.74) is 4.11. The zero-order valence-electron chi connectivity index (χ0n) is 24.6. The first-order chi connectivity index (χ1) is 21.9. The molecule has 0 amide bonds. The summed E-state index contributed by atoms with van der Waals surface area (Å²) in [5.74, 6) is 1.42. The molecule has 0 saturated heterocycles. The highest BCUT2D eigenvalue weighted by Gasteiger charge is 2.21. The van der Waals surface area contributed by atoms with E-state index < -0.39 is 9.85 Å². The van der Waals surface area contributed by atoms with Crippen LogP contribution in [0.4, 0.5) is 28.4 Å². The fourth-order valence-corrected chi connectivity index (χ4v) is 4.77. The van der Waals surface area contributed by atoms with Gasteiger partial charge in [-0.15, -0.1) is 0 Å². The van der Waals surface area contributed by atoms with Crippen molar-refractivity contribution < 1.29 is 19.3 Å². The summed E-state index contributed by atoms with van der Waals surface area (Å²) < 4.78 is 10.5. The van der Waals surface area contributed by atoms with Crippen molar-refractivity contribution in [2.24, 2.45) is 0 Å². The maximum atomic E-state index is 12.0. The van der Waals surface area contributed by atoms with Gasteiger partial charge in [-0.3, -0.25) is 20.2 Å². The van der Waals surface area contributed by atoms with Crippen LogP contribution < -0.4 is 14.4 Å². The summed E-state index contributed by atoms with van der Waals surface area (Å²) >= 11 is 0. The molecular formula is C36H29N3O6. The largest absolute Gasteiger partial charge is 0.497 e. The average Bonchev–Trinajstić information content (AvgIpc) is 3.08. The van der Waals surface area contributed by atoms with Gasteiger partial charge in [0.2, 0.25) is 0 Å². The number of ether oxygens (including phenoxy) is 2. The zero-order valence-corrected chi connectivity index (χ0v) is 24.6. The number of nitro groups is 2. The third-order valence-corrected chi connectivity index (χ3v) is 7.09. The smallest absolute Gasteiger partial charge is 0.277 e. The maximum absolute atomic E-state index is 12.0. The quantitative estimate of drug-likeness (QED) is 0.0845. The number of nitro benzene ring substituents is 2. The molecule has 0 spiro atoms. The van der Waals surface area contributed by atoms with Gasteiger partial charge < -0.3 is 14.4 Å². The summed E-state index contributed by atoms with van der Waals surface area (Å²) in [5, 5.41) is 23.9. The van der Waals surface area contributed by atoms with Crippen molar-refractivity contribution in [3.05, 3.63) is 158 Å². The lowest BCUT2D eigenvalue weighted by atomic mass is 10.0. The van der Waals surface area contributed by atoms with Crippen molar-refractivity contribution in [1.82, 2.24) is 0 Å². The predicted molar refractivity (Wildman–Crippen MR) is 178 cm³/mol. The van der Waals surface area contributed by atoms with Gasteiger partial charge in [-0.2, -0.15) is 0 Å². The molecule has 0 heterocycles. The topological polar surface area (TPSA) is 108 Å². The molecule has 0 atom stereocenters. The van der Waals surface area contributed by atoms with Crippen molar-refractivity contribution >= 4 is 52.7 Å². The molecule has 0 radical (unpaired) electrons. The standard InChI is InChI=1S/C36H29N3O6/c1-44-33-20-12-27(13-21-33)9-15-29-25-35(38(40)41)28(24-36(29)39(42)43)14-8-26-10-16-31(17-11-26)37(30-6-4-3-5-7-30)32-18-22-34(45-2)23-19-32/h3-25H,1-2H3/b14-8-,15-9-. The minimum Gasteiger partial charge on any atom is -0.497 e. The first-order valence-corrected chi connectivity index (χ1v) is 13.9. The minimum atomic E-state index is -0.541. The lowest BCUT2D eigenvalue weighted by Gasteiger charge is -2.25. The molecule has 0 aliphatic rings. The summed E-state index contributed by atoms with van der Waals surface area (Å²) in [6.45, 7) is 0. The normalized spacial score (nSPS) is 11.1. The molecule has 0 aliphatic carbocycles. The van der Waals surface area contributed by atoms with Crippen LogP contribution in [-0.4, -0.2) is 24.1 Å². The van der Waals surface area contributed by atoms with E-state index >= 15 is 0 Å².